The van der Waals surface area contributed by atoms with Crippen molar-refractivity contribution < 1.29 is 14.3 Å². The lowest BCUT2D eigenvalue weighted by Gasteiger charge is -1.83. The third kappa shape index (κ3) is 15.8. The Morgan fingerprint density at radius 1 is 1.67 bits per heavy atom. The fourth-order valence-corrected chi connectivity index (χ4v) is 0.185. The molecule has 0 radical (unpaired) electrons. The van der Waals surface area contributed by atoms with Crippen molar-refractivity contribution in [2.24, 2.45) is 4.99 Å². The van der Waals surface area contributed by atoms with Gasteiger partial charge in [-0.15, -0.1) is 6.58 Å². The van der Waals surface area contributed by atoms with Crippen LogP contribution in [0.15, 0.2) is 30.3 Å². The molecule has 0 spiro atoms. The zero-order valence-electron chi connectivity index (χ0n) is 6.95. The molecule has 0 fully saturated rings. The van der Waals surface area contributed by atoms with Crippen LogP contribution < -0.4 is 0 Å². The molecule has 4 heteroatoms. The lowest BCUT2D eigenvalue weighted by Crippen LogP contribution is -1.91. The molecule has 0 heterocycles. The number of aliphatic imine (C=N–C) groups is 1. The third-order valence-corrected chi connectivity index (χ3v) is 0.653. The number of hydrogen-bond donors (Lipinski definition) is 0. The number of carbonyl (C=O) groups is 1. The molecule has 66 valence electrons. The minimum atomic E-state index is -0.394. The van der Waals surface area contributed by atoms with Crippen molar-refractivity contribution in [1.82, 2.24) is 0 Å². The fourth-order valence-electron chi connectivity index (χ4n) is 0.185. The highest BCUT2D eigenvalue weighted by Crippen LogP contribution is 1.67. The predicted octanol–water partition coefficient (Wildman–Crippen LogP) is 0.854. The van der Waals surface area contributed by atoms with E-state index in [1.54, 1.807) is 0 Å². The van der Waals surface area contributed by atoms with Crippen LogP contribution in [0, 0.1) is 0 Å². The number of nitrogens with zero attached hydrogens (tertiary/aromatic N) is 1. The van der Waals surface area contributed by atoms with E-state index in [0.29, 0.717) is 6.54 Å². The summed E-state index contributed by atoms with van der Waals surface area (Å²) in [5, 5.41) is 0. The molecule has 0 rings (SSSR count). The van der Waals surface area contributed by atoms with E-state index in [2.05, 4.69) is 22.9 Å². The van der Waals surface area contributed by atoms with Gasteiger partial charge in [-0.1, -0.05) is 12.7 Å². The van der Waals surface area contributed by atoms with Gasteiger partial charge < -0.3 is 4.74 Å². The maximum Gasteiger partial charge on any atom is 0.329 e. The molecule has 12 heavy (non-hydrogen) atoms. The standard InChI is InChI=1S/C4H5NO.C4H6O2/c1-2-3-5-4-6;1-3-4(5)6-2/h2H,1,3H2;3H,1H2,2H3. The SMILES string of the molecule is C=CC(=O)OC.C=CCN=C=O. The lowest BCUT2D eigenvalue weighted by molar-refractivity contribution is -0.134. The second kappa shape index (κ2) is 12.0. The Hall–Kier alpha value is -1.67. The number of rotatable bonds is 3. The van der Waals surface area contributed by atoms with Crippen LogP contribution in [0.4, 0.5) is 0 Å². The number of carbonyl (C=O) groups excluding carboxylic acids is 2. The summed E-state index contributed by atoms with van der Waals surface area (Å²) in [6.07, 6.45) is 4.02. The summed E-state index contributed by atoms with van der Waals surface area (Å²) in [6.45, 7) is 6.86. The molecular weight excluding hydrogens is 158 g/mol. The third-order valence-electron chi connectivity index (χ3n) is 0.653. The molecule has 0 saturated heterocycles. The van der Waals surface area contributed by atoms with Crippen LogP contribution in [0.25, 0.3) is 0 Å². The molecular formula is C8H11NO3. The number of ether oxygens (including phenoxy) is 1. The van der Waals surface area contributed by atoms with E-state index in [4.69, 9.17) is 0 Å². The van der Waals surface area contributed by atoms with Gasteiger partial charge in [0.05, 0.1) is 13.7 Å². The average Bonchev–Trinajstić information content (AvgIpc) is 2.14. The van der Waals surface area contributed by atoms with E-state index in [0.717, 1.165) is 6.08 Å². The number of methoxy groups -OCH3 is 1. The molecule has 0 aromatic rings. The molecule has 0 aliphatic heterocycles. The van der Waals surface area contributed by atoms with Gasteiger partial charge in [-0.25, -0.2) is 14.6 Å². The molecule has 0 N–H and O–H groups in total. The Morgan fingerprint density at radius 2 is 2.25 bits per heavy atom. The highest BCUT2D eigenvalue weighted by atomic mass is 16.5. The van der Waals surface area contributed by atoms with Crippen molar-refractivity contribution in [3.63, 3.8) is 0 Å². The zero-order valence-corrected chi connectivity index (χ0v) is 6.95. The summed E-state index contributed by atoms with van der Waals surface area (Å²) in [5.41, 5.74) is 0. The first kappa shape index (κ1) is 13.0. The summed E-state index contributed by atoms with van der Waals surface area (Å²) in [4.78, 5) is 22.2. The smallest absolute Gasteiger partial charge is 0.329 e. The van der Waals surface area contributed by atoms with E-state index >= 15 is 0 Å². The first-order chi connectivity index (χ1) is 5.72. The Morgan fingerprint density at radius 3 is 2.33 bits per heavy atom. The normalized spacial score (nSPS) is 6.42. The number of esters is 1. The highest BCUT2D eigenvalue weighted by molar-refractivity contribution is 5.80. The number of hydrogen-bond acceptors (Lipinski definition) is 4. The van der Waals surface area contributed by atoms with E-state index in [1.165, 1.54) is 19.3 Å². The van der Waals surface area contributed by atoms with Crippen LogP contribution in [0.2, 0.25) is 0 Å². The summed E-state index contributed by atoms with van der Waals surface area (Å²) < 4.78 is 4.14. The van der Waals surface area contributed by atoms with Gasteiger partial charge >= 0.3 is 5.97 Å². The fraction of sp³-hybridized carbons (Fsp3) is 0.250. The summed E-state index contributed by atoms with van der Waals surface area (Å²) in [6, 6.07) is 0. The quantitative estimate of drug-likeness (QED) is 0.207. The molecule has 0 aromatic carbocycles. The maximum atomic E-state index is 9.84. The molecule has 0 saturated carbocycles. The molecule has 0 amide bonds. The van der Waals surface area contributed by atoms with Crippen LogP contribution >= 0.6 is 0 Å². The minimum absolute atomic E-state index is 0.378. The Labute approximate surface area is 71.3 Å². The van der Waals surface area contributed by atoms with Crippen LogP contribution in [0.3, 0.4) is 0 Å². The predicted molar refractivity (Wildman–Crippen MR) is 45.4 cm³/mol. The maximum absolute atomic E-state index is 9.84. The summed E-state index contributed by atoms with van der Waals surface area (Å²) in [7, 11) is 1.31. The molecule has 0 aromatic heterocycles. The Kier molecular flexibility index (Phi) is 13.0. The second-order valence-electron chi connectivity index (χ2n) is 1.45. The monoisotopic (exact) mass is 169 g/mol. The van der Waals surface area contributed by atoms with Gasteiger partial charge in [0.1, 0.15) is 0 Å². The van der Waals surface area contributed by atoms with E-state index in [-0.39, 0.29) is 0 Å². The van der Waals surface area contributed by atoms with E-state index in [1.807, 2.05) is 0 Å². The van der Waals surface area contributed by atoms with Crippen molar-refractivity contribution in [1.29, 1.82) is 0 Å². The van der Waals surface area contributed by atoms with Crippen molar-refractivity contribution in [2.75, 3.05) is 13.7 Å². The second-order valence-corrected chi connectivity index (χ2v) is 1.45. The van der Waals surface area contributed by atoms with E-state index in [9.17, 15) is 9.59 Å². The van der Waals surface area contributed by atoms with Crippen molar-refractivity contribution in [3.8, 4) is 0 Å². The van der Waals surface area contributed by atoms with Gasteiger partial charge in [0.25, 0.3) is 0 Å². The summed E-state index contributed by atoms with van der Waals surface area (Å²) in [5.74, 6) is -0.394. The molecule has 4 nitrogen and oxygen atoms in total. The highest BCUT2D eigenvalue weighted by Gasteiger charge is 1.81. The van der Waals surface area contributed by atoms with Gasteiger partial charge in [0.15, 0.2) is 0 Å². The first-order valence-corrected chi connectivity index (χ1v) is 3.07. The molecule has 0 atom stereocenters. The van der Waals surface area contributed by atoms with Gasteiger partial charge in [0.2, 0.25) is 6.08 Å². The van der Waals surface area contributed by atoms with Gasteiger partial charge in [-0.2, -0.15) is 0 Å². The van der Waals surface area contributed by atoms with Crippen LogP contribution in [0.5, 0.6) is 0 Å². The van der Waals surface area contributed by atoms with Crippen LogP contribution in [-0.4, -0.2) is 25.7 Å². The molecule has 0 unspecified atom stereocenters. The van der Waals surface area contributed by atoms with Crippen LogP contribution in [-0.2, 0) is 14.3 Å². The minimum Gasteiger partial charge on any atom is -0.466 e. The van der Waals surface area contributed by atoms with Crippen molar-refractivity contribution in [2.45, 2.75) is 0 Å². The van der Waals surface area contributed by atoms with Gasteiger partial charge in [0, 0.05) is 6.08 Å². The molecule has 0 bridgehead atoms. The first-order valence-electron chi connectivity index (χ1n) is 3.07. The molecule has 0 aliphatic carbocycles. The van der Waals surface area contributed by atoms with Crippen LogP contribution in [0.1, 0.15) is 0 Å². The topological polar surface area (TPSA) is 55.7 Å². The number of isocyanates is 1. The largest absolute Gasteiger partial charge is 0.466 e. The zero-order chi connectivity index (χ0) is 9.82. The molecule has 0 aliphatic rings. The van der Waals surface area contributed by atoms with E-state index < -0.39 is 5.97 Å². The Bertz CT molecular complexity index is 192. The summed E-state index contributed by atoms with van der Waals surface area (Å²) >= 11 is 0. The van der Waals surface area contributed by atoms with Crippen molar-refractivity contribution in [3.05, 3.63) is 25.3 Å². The van der Waals surface area contributed by atoms with Gasteiger partial charge in [-0.05, 0) is 0 Å². The average molecular weight is 169 g/mol. The van der Waals surface area contributed by atoms with Gasteiger partial charge in [-0.3, -0.25) is 0 Å². The van der Waals surface area contributed by atoms with Crippen molar-refractivity contribution >= 4 is 12.0 Å². The Balaban J connectivity index is 0. The lowest BCUT2D eigenvalue weighted by atomic mass is 10.7.